The number of hydrogen-bond donors (Lipinski definition) is 2. The van der Waals surface area contributed by atoms with Gasteiger partial charge in [-0.05, 0) is 44.4 Å². The fourth-order valence-electron chi connectivity index (χ4n) is 2.55. The molecule has 0 spiro atoms. The number of rotatable bonds is 4. The van der Waals surface area contributed by atoms with Crippen LogP contribution in [-0.2, 0) is 6.54 Å². The second kappa shape index (κ2) is 9.86. The Hall–Kier alpha value is -1.05. The number of aromatic nitrogens is 1. The first-order valence-corrected chi connectivity index (χ1v) is 7.91. The summed E-state index contributed by atoms with van der Waals surface area (Å²) in [5.41, 5.74) is 6.99. The Labute approximate surface area is 150 Å². The maximum absolute atomic E-state index is 5.84. The van der Waals surface area contributed by atoms with E-state index in [4.69, 9.17) is 5.73 Å². The number of pyridine rings is 1. The second-order valence-corrected chi connectivity index (χ2v) is 5.92. The molecule has 1 aromatic heterocycles. The molecule has 0 aromatic carbocycles. The van der Waals surface area contributed by atoms with Crippen LogP contribution in [0, 0.1) is 0 Å². The van der Waals surface area contributed by atoms with Crippen LogP contribution in [0.15, 0.2) is 23.3 Å². The zero-order valence-electron chi connectivity index (χ0n) is 13.6. The van der Waals surface area contributed by atoms with Crippen molar-refractivity contribution in [1.82, 2.24) is 10.3 Å². The monoisotopic (exact) mass is 417 g/mol. The SMILES string of the molecule is CC(C)NC(N)=NCc1ccnc(N2CCCCCC2)c1.I. The Balaban J connectivity index is 0.00000242. The second-order valence-electron chi connectivity index (χ2n) is 5.92. The van der Waals surface area contributed by atoms with E-state index in [1.165, 1.54) is 25.7 Å². The highest BCUT2D eigenvalue weighted by molar-refractivity contribution is 14.0. The van der Waals surface area contributed by atoms with E-state index in [1.54, 1.807) is 0 Å². The van der Waals surface area contributed by atoms with E-state index in [9.17, 15) is 0 Å². The molecule has 5 nitrogen and oxygen atoms in total. The van der Waals surface area contributed by atoms with Crippen molar-refractivity contribution in [3.63, 3.8) is 0 Å². The summed E-state index contributed by atoms with van der Waals surface area (Å²) in [5.74, 6) is 1.57. The number of aliphatic imine (C=N–C) groups is 1. The Kier molecular flexibility index (Phi) is 8.52. The zero-order valence-corrected chi connectivity index (χ0v) is 15.9. The van der Waals surface area contributed by atoms with E-state index in [1.807, 2.05) is 26.1 Å². The first kappa shape index (κ1) is 19.0. The molecule has 1 saturated heterocycles. The van der Waals surface area contributed by atoms with E-state index in [0.717, 1.165) is 24.5 Å². The fourth-order valence-corrected chi connectivity index (χ4v) is 2.55. The summed E-state index contributed by atoms with van der Waals surface area (Å²) in [6.07, 6.45) is 7.05. The molecule has 3 N–H and O–H groups in total. The van der Waals surface area contributed by atoms with Crippen molar-refractivity contribution >= 4 is 35.8 Å². The number of nitrogens with two attached hydrogens (primary N) is 1. The summed E-state index contributed by atoms with van der Waals surface area (Å²) < 4.78 is 0. The number of hydrogen-bond acceptors (Lipinski definition) is 3. The van der Waals surface area contributed by atoms with Gasteiger partial charge in [-0.2, -0.15) is 0 Å². The van der Waals surface area contributed by atoms with E-state index >= 15 is 0 Å². The summed E-state index contributed by atoms with van der Waals surface area (Å²) in [5, 5.41) is 3.10. The van der Waals surface area contributed by atoms with Gasteiger partial charge in [0.2, 0.25) is 0 Å². The van der Waals surface area contributed by atoms with Crippen LogP contribution in [0.3, 0.4) is 0 Å². The standard InChI is InChI=1S/C16H27N5.HI/c1-13(2)20-16(17)19-12-14-7-8-18-15(11-14)21-9-5-3-4-6-10-21;/h7-8,11,13H,3-6,9-10,12H2,1-2H3,(H3,17,19,20);1H. The maximum Gasteiger partial charge on any atom is 0.189 e. The summed E-state index contributed by atoms with van der Waals surface area (Å²) in [6.45, 7) is 6.90. The van der Waals surface area contributed by atoms with Crippen molar-refractivity contribution in [2.24, 2.45) is 10.7 Å². The Morgan fingerprint density at radius 3 is 2.64 bits per heavy atom. The topological polar surface area (TPSA) is 66.5 Å². The van der Waals surface area contributed by atoms with Gasteiger partial charge >= 0.3 is 0 Å². The van der Waals surface area contributed by atoms with E-state index in [2.05, 4.69) is 26.3 Å². The molecule has 1 aliphatic rings. The van der Waals surface area contributed by atoms with Gasteiger partial charge in [-0.25, -0.2) is 9.98 Å². The van der Waals surface area contributed by atoms with Crippen molar-refractivity contribution in [1.29, 1.82) is 0 Å². The predicted molar refractivity (Wildman–Crippen MR) is 104 cm³/mol. The number of nitrogens with one attached hydrogen (secondary N) is 1. The van der Waals surface area contributed by atoms with Gasteiger partial charge in [0, 0.05) is 25.3 Å². The molecule has 1 aromatic rings. The minimum Gasteiger partial charge on any atom is -0.370 e. The first-order chi connectivity index (χ1) is 10.1. The lowest BCUT2D eigenvalue weighted by Gasteiger charge is -2.21. The molecule has 124 valence electrons. The normalized spacial score (nSPS) is 16.1. The molecule has 1 aliphatic heterocycles. The minimum atomic E-state index is 0. The molecule has 6 heteroatoms. The van der Waals surface area contributed by atoms with Crippen molar-refractivity contribution in [2.45, 2.75) is 52.1 Å². The highest BCUT2D eigenvalue weighted by Crippen LogP contribution is 2.18. The largest absolute Gasteiger partial charge is 0.370 e. The Morgan fingerprint density at radius 1 is 1.32 bits per heavy atom. The lowest BCUT2D eigenvalue weighted by atomic mass is 10.2. The Bertz CT molecular complexity index is 467. The van der Waals surface area contributed by atoms with Gasteiger partial charge in [0.15, 0.2) is 5.96 Å². The molecular weight excluding hydrogens is 389 g/mol. The number of halogens is 1. The molecule has 2 rings (SSSR count). The van der Waals surface area contributed by atoms with Gasteiger partial charge in [0.05, 0.1) is 6.54 Å². The smallest absolute Gasteiger partial charge is 0.189 e. The van der Waals surface area contributed by atoms with Gasteiger partial charge in [-0.3, -0.25) is 0 Å². The van der Waals surface area contributed by atoms with Gasteiger partial charge in [-0.1, -0.05) is 12.8 Å². The van der Waals surface area contributed by atoms with Crippen LogP contribution in [0.2, 0.25) is 0 Å². The summed E-state index contributed by atoms with van der Waals surface area (Å²) in [6, 6.07) is 4.45. The number of anilines is 1. The average molecular weight is 417 g/mol. The van der Waals surface area contributed by atoms with Crippen LogP contribution in [0.25, 0.3) is 0 Å². The predicted octanol–water partition coefficient (Wildman–Crippen LogP) is 2.89. The lowest BCUT2D eigenvalue weighted by molar-refractivity contribution is 0.723. The van der Waals surface area contributed by atoms with Crippen LogP contribution in [0.4, 0.5) is 5.82 Å². The first-order valence-electron chi connectivity index (χ1n) is 7.91. The molecular formula is C16H28IN5. The molecule has 0 saturated carbocycles. The minimum absolute atomic E-state index is 0. The molecule has 22 heavy (non-hydrogen) atoms. The average Bonchev–Trinajstić information content (AvgIpc) is 2.74. The van der Waals surface area contributed by atoms with Gasteiger partial charge in [-0.15, -0.1) is 24.0 Å². The van der Waals surface area contributed by atoms with Crippen molar-refractivity contribution in [2.75, 3.05) is 18.0 Å². The third-order valence-electron chi connectivity index (χ3n) is 3.61. The molecule has 1 fully saturated rings. The van der Waals surface area contributed by atoms with Gasteiger partial charge in [0.25, 0.3) is 0 Å². The molecule has 2 heterocycles. The van der Waals surface area contributed by atoms with Crippen LogP contribution in [0.1, 0.15) is 45.1 Å². The highest BCUT2D eigenvalue weighted by Gasteiger charge is 2.11. The van der Waals surface area contributed by atoms with Crippen molar-refractivity contribution in [3.8, 4) is 0 Å². The zero-order chi connectivity index (χ0) is 15.1. The van der Waals surface area contributed by atoms with Crippen LogP contribution >= 0.6 is 24.0 Å². The van der Waals surface area contributed by atoms with Crippen LogP contribution < -0.4 is 16.0 Å². The quantitative estimate of drug-likeness (QED) is 0.449. The molecule has 0 amide bonds. The summed E-state index contributed by atoms with van der Waals surface area (Å²) in [4.78, 5) is 11.3. The molecule has 0 bridgehead atoms. The molecule has 0 radical (unpaired) electrons. The van der Waals surface area contributed by atoms with Gasteiger partial charge < -0.3 is 16.0 Å². The number of guanidine groups is 1. The molecule has 0 unspecified atom stereocenters. The third-order valence-corrected chi connectivity index (χ3v) is 3.61. The van der Waals surface area contributed by atoms with Gasteiger partial charge in [0.1, 0.15) is 5.82 Å². The van der Waals surface area contributed by atoms with Crippen LogP contribution in [0.5, 0.6) is 0 Å². The fraction of sp³-hybridized carbons (Fsp3) is 0.625. The van der Waals surface area contributed by atoms with Crippen molar-refractivity contribution < 1.29 is 0 Å². The third kappa shape index (κ3) is 6.37. The van der Waals surface area contributed by atoms with E-state index in [0.29, 0.717) is 18.5 Å². The van der Waals surface area contributed by atoms with E-state index < -0.39 is 0 Å². The maximum atomic E-state index is 5.84. The highest BCUT2D eigenvalue weighted by atomic mass is 127. The van der Waals surface area contributed by atoms with Crippen LogP contribution in [-0.4, -0.2) is 30.1 Å². The van der Waals surface area contributed by atoms with Crippen molar-refractivity contribution in [3.05, 3.63) is 23.9 Å². The summed E-state index contributed by atoms with van der Waals surface area (Å²) >= 11 is 0. The number of nitrogens with zero attached hydrogens (tertiary/aromatic N) is 3. The Morgan fingerprint density at radius 2 is 2.00 bits per heavy atom. The lowest BCUT2D eigenvalue weighted by Crippen LogP contribution is -2.36. The molecule has 0 atom stereocenters. The molecule has 0 aliphatic carbocycles. The summed E-state index contributed by atoms with van der Waals surface area (Å²) in [7, 11) is 0. The van der Waals surface area contributed by atoms with E-state index in [-0.39, 0.29) is 24.0 Å².